The van der Waals surface area contributed by atoms with Gasteiger partial charge in [-0.15, -0.1) is 0 Å². The molecule has 0 saturated carbocycles. The third kappa shape index (κ3) is 4.09. The zero-order valence-electron chi connectivity index (χ0n) is 12.4. The molecule has 2 rings (SSSR count). The third-order valence-electron chi connectivity index (χ3n) is 3.71. The van der Waals surface area contributed by atoms with E-state index in [0.717, 1.165) is 6.42 Å². The minimum atomic E-state index is -3.36. The van der Waals surface area contributed by atoms with E-state index in [4.69, 9.17) is 15.2 Å². The number of nitrogens with two attached hydrogens (primary N) is 1. The molecule has 2 N–H and O–H groups in total. The highest BCUT2D eigenvalue weighted by molar-refractivity contribution is 7.89. The van der Waals surface area contributed by atoms with Crippen LogP contribution in [0, 0.1) is 0 Å². The fourth-order valence-electron chi connectivity index (χ4n) is 2.42. The van der Waals surface area contributed by atoms with Gasteiger partial charge >= 0.3 is 0 Å². The van der Waals surface area contributed by atoms with Gasteiger partial charge in [0.25, 0.3) is 0 Å². The zero-order valence-corrected chi connectivity index (χ0v) is 13.2. The van der Waals surface area contributed by atoms with Gasteiger partial charge in [0.2, 0.25) is 10.0 Å². The molecule has 7 heteroatoms. The predicted molar refractivity (Wildman–Crippen MR) is 81.7 cm³/mol. The average molecular weight is 314 g/mol. The smallest absolute Gasteiger partial charge is 0.217 e. The Morgan fingerprint density at radius 1 is 1.48 bits per heavy atom. The minimum Gasteiger partial charge on any atom is -0.492 e. The van der Waals surface area contributed by atoms with Gasteiger partial charge in [0.05, 0.1) is 17.9 Å². The molecule has 0 aromatic heterocycles. The first-order chi connectivity index (χ1) is 9.90. The molecule has 1 fully saturated rings. The maximum atomic E-state index is 12.3. The maximum absolute atomic E-state index is 12.3. The van der Waals surface area contributed by atoms with E-state index in [9.17, 15) is 8.42 Å². The number of ether oxygens (including phenoxy) is 2. The standard InChI is InChI=1S/C14H22N2O4S/c1-11-14(6-7-19-11)16(2)21(17,18)9-8-20-13-5-3-4-12(15)10-13/h3-5,10-11,14H,6-9,15H2,1-2H3. The van der Waals surface area contributed by atoms with Crippen LogP contribution in [0.4, 0.5) is 5.69 Å². The number of anilines is 1. The van der Waals surface area contributed by atoms with Crippen molar-refractivity contribution in [2.24, 2.45) is 0 Å². The lowest BCUT2D eigenvalue weighted by molar-refractivity contribution is 0.102. The molecule has 1 aliphatic rings. The van der Waals surface area contributed by atoms with Crippen molar-refractivity contribution in [2.75, 3.05) is 31.7 Å². The van der Waals surface area contributed by atoms with Crippen molar-refractivity contribution in [3.63, 3.8) is 0 Å². The highest BCUT2D eigenvalue weighted by Gasteiger charge is 2.34. The monoisotopic (exact) mass is 314 g/mol. The second-order valence-electron chi connectivity index (χ2n) is 5.19. The molecule has 6 nitrogen and oxygen atoms in total. The first-order valence-electron chi connectivity index (χ1n) is 6.96. The van der Waals surface area contributed by atoms with Crippen LogP contribution < -0.4 is 10.5 Å². The quantitative estimate of drug-likeness (QED) is 0.795. The number of likely N-dealkylation sites (N-methyl/N-ethyl adjacent to an activating group) is 1. The van der Waals surface area contributed by atoms with Gasteiger partial charge in [-0.3, -0.25) is 0 Å². The molecule has 21 heavy (non-hydrogen) atoms. The largest absolute Gasteiger partial charge is 0.492 e. The van der Waals surface area contributed by atoms with Gasteiger partial charge in [-0.05, 0) is 25.5 Å². The summed E-state index contributed by atoms with van der Waals surface area (Å²) in [7, 11) is -1.76. The van der Waals surface area contributed by atoms with Gasteiger partial charge in [-0.25, -0.2) is 8.42 Å². The van der Waals surface area contributed by atoms with Crippen molar-refractivity contribution in [3.05, 3.63) is 24.3 Å². The lowest BCUT2D eigenvalue weighted by Gasteiger charge is -2.25. The third-order valence-corrected chi connectivity index (χ3v) is 5.54. The Morgan fingerprint density at radius 3 is 2.86 bits per heavy atom. The molecule has 1 aromatic rings. The second-order valence-corrected chi connectivity index (χ2v) is 7.33. The van der Waals surface area contributed by atoms with E-state index >= 15 is 0 Å². The van der Waals surface area contributed by atoms with E-state index in [1.54, 1.807) is 31.3 Å². The number of nitrogens with zero attached hydrogens (tertiary/aromatic N) is 1. The maximum Gasteiger partial charge on any atom is 0.217 e. The van der Waals surface area contributed by atoms with Crippen molar-refractivity contribution in [3.8, 4) is 5.75 Å². The topological polar surface area (TPSA) is 81.9 Å². The number of nitrogen functional groups attached to an aromatic ring is 1. The van der Waals surface area contributed by atoms with Gasteiger partial charge in [-0.1, -0.05) is 6.07 Å². The molecule has 0 amide bonds. The van der Waals surface area contributed by atoms with Crippen molar-refractivity contribution >= 4 is 15.7 Å². The highest BCUT2D eigenvalue weighted by Crippen LogP contribution is 2.21. The number of hydrogen-bond donors (Lipinski definition) is 1. The summed E-state index contributed by atoms with van der Waals surface area (Å²) in [6.07, 6.45) is 0.659. The van der Waals surface area contributed by atoms with E-state index in [1.165, 1.54) is 4.31 Å². The molecule has 0 aliphatic carbocycles. The normalized spacial score (nSPS) is 22.6. The van der Waals surface area contributed by atoms with Crippen LogP contribution in [-0.4, -0.2) is 50.9 Å². The van der Waals surface area contributed by atoms with Gasteiger partial charge in [0.1, 0.15) is 12.4 Å². The summed E-state index contributed by atoms with van der Waals surface area (Å²) in [6, 6.07) is 6.84. The molecule has 0 spiro atoms. The number of benzene rings is 1. The molecule has 1 saturated heterocycles. The lowest BCUT2D eigenvalue weighted by Crippen LogP contribution is -2.42. The molecule has 2 unspecified atom stereocenters. The highest BCUT2D eigenvalue weighted by atomic mass is 32.2. The second kappa shape index (κ2) is 6.64. The van der Waals surface area contributed by atoms with Gasteiger partial charge in [0.15, 0.2) is 0 Å². The summed E-state index contributed by atoms with van der Waals surface area (Å²) in [6.45, 7) is 2.59. The van der Waals surface area contributed by atoms with Gasteiger partial charge in [-0.2, -0.15) is 4.31 Å². The van der Waals surface area contributed by atoms with Crippen molar-refractivity contribution in [2.45, 2.75) is 25.5 Å². The Morgan fingerprint density at radius 2 is 2.24 bits per heavy atom. The fourth-order valence-corrected chi connectivity index (χ4v) is 3.69. The summed E-state index contributed by atoms with van der Waals surface area (Å²) in [5.41, 5.74) is 6.23. The number of hydrogen-bond acceptors (Lipinski definition) is 5. The molecule has 0 radical (unpaired) electrons. The molecule has 1 aliphatic heterocycles. The SMILES string of the molecule is CC1OCCC1N(C)S(=O)(=O)CCOc1cccc(N)c1. The van der Waals surface area contributed by atoms with E-state index in [0.29, 0.717) is 18.0 Å². The zero-order chi connectivity index (χ0) is 15.5. The lowest BCUT2D eigenvalue weighted by atomic mass is 10.2. The van der Waals surface area contributed by atoms with Crippen LogP contribution in [0.5, 0.6) is 5.75 Å². The van der Waals surface area contributed by atoms with E-state index in [1.807, 2.05) is 6.92 Å². The summed E-state index contributed by atoms with van der Waals surface area (Å²) >= 11 is 0. The van der Waals surface area contributed by atoms with Crippen LogP contribution >= 0.6 is 0 Å². The fraction of sp³-hybridized carbons (Fsp3) is 0.571. The van der Waals surface area contributed by atoms with Crippen LogP contribution in [-0.2, 0) is 14.8 Å². The Kier molecular flexibility index (Phi) is 5.08. The Bertz CT molecular complexity index is 576. The van der Waals surface area contributed by atoms with Crippen LogP contribution in [0.15, 0.2) is 24.3 Å². The van der Waals surface area contributed by atoms with Crippen LogP contribution in [0.1, 0.15) is 13.3 Å². The molecule has 2 atom stereocenters. The first kappa shape index (κ1) is 16.1. The number of sulfonamides is 1. The molecule has 1 heterocycles. The Labute approximate surface area is 125 Å². The minimum absolute atomic E-state index is 0.0679. The van der Waals surface area contributed by atoms with E-state index in [2.05, 4.69) is 0 Å². The molecule has 118 valence electrons. The molecule has 0 bridgehead atoms. The van der Waals surface area contributed by atoms with Crippen molar-refractivity contribution < 1.29 is 17.9 Å². The molecular weight excluding hydrogens is 292 g/mol. The average Bonchev–Trinajstić information content (AvgIpc) is 2.84. The van der Waals surface area contributed by atoms with E-state index in [-0.39, 0.29) is 24.5 Å². The van der Waals surface area contributed by atoms with E-state index < -0.39 is 10.0 Å². The van der Waals surface area contributed by atoms with Crippen LogP contribution in [0.25, 0.3) is 0 Å². The Hall–Kier alpha value is -1.31. The Balaban J connectivity index is 1.89. The van der Waals surface area contributed by atoms with Crippen LogP contribution in [0.3, 0.4) is 0 Å². The van der Waals surface area contributed by atoms with Crippen molar-refractivity contribution in [1.82, 2.24) is 4.31 Å². The molecular formula is C14H22N2O4S. The van der Waals surface area contributed by atoms with Gasteiger partial charge < -0.3 is 15.2 Å². The summed E-state index contributed by atoms with van der Waals surface area (Å²) < 4.78 is 36.8. The molecule has 1 aromatic carbocycles. The summed E-state index contributed by atoms with van der Waals surface area (Å²) in [5.74, 6) is 0.507. The predicted octanol–water partition coefficient (Wildman–Crippen LogP) is 1.09. The van der Waals surface area contributed by atoms with Crippen molar-refractivity contribution in [1.29, 1.82) is 0 Å². The summed E-state index contributed by atoms with van der Waals surface area (Å²) in [5, 5.41) is 0. The van der Waals surface area contributed by atoms with Crippen LogP contribution in [0.2, 0.25) is 0 Å². The van der Waals surface area contributed by atoms with Gasteiger partial charge in [0, 0.05) is 25.4 Å². The first-order valence-corrected chi connectivity index (χ1v) is 8.57. The summed E-state index contributed by atoms with van der Waals surface area (Å²) in [4.78, 5) is 0. The number of rotatable bonds is 6.